The molecule has 0 N–H and O–H groups in total. The molecule has 1 heterocycles. The molecule has 0 aliphatic carbocycles. The van der Waals surface area contributed by atoms with Crippen molar-refractivity contribution in [2.75, 3.05) is 7.11 Å². The summed E-state index contributed by atoms with van der Waals surface area (Å²) in [5, 5.41) is 3.42. The molecule has 80 valence electrons. The van der Waals surface area contributed by atoms with Gasteiger partial charge in [-0.3, -0.25) is 0 Å². The number of benzene rings is 2. The molecule has 2 aromatic carbocycles. The first-order chi connectivity index (χ1) is 7.79. The molecule has 3 rings (SSSR count). The summed E-state index contributed by atoms with van der Waals surface area (Å²) in [6.07, 6.45) is 1.71. The van der Waals surface area contributed by atoms with Crippen LogP contribution in [-0.2, 0) is 0 Å². The molecule has 0 radical (unpaired) electrons. The zero-order chi connectivity index (χ0) is 11.1. The Balaban J connectivity index is 2.50. The highest BCUT2D eigenvalue weighted by Crippen LogP contribution is 2.35. The largest absolute Gasteiger partial charge is 0.497 e. The van der Waals surface area contributed by atoms with Gasteiger partial charge in [0.05, 0.1) is 13.4 Å². The van der Waals surface area contributed by atoms with Crippen LogP contribution in [0.4, 0.5) is 0 Å². The minimum absolute atomic E-state index is 0.849. The van der Waals surface area contributed by atoms with E-state index >= 15 is 0 Å². The van der Waals surface area contributed by atoms with Crippen molar-refractivity contribution in [1.82, 2.24) is 0 Å². The lowest BCUT2D eigenvalue weighted by Crippen LogP contribution is -1.84. The van der Waals surface area contributed by atoms with Gasteiger partial charge in [-0.2, -0.15) is 0 Å². The summed E-state index contributed by atoms with van der Waals surface area (Å²) < 4.78 is 11.7. The van der Waals surface area contributed by atoms with Gasteiger partial charge in [-0.25, -0.2) is 0 Å². The number of ether oxygens (including phenoxy) is 1. The lowest BCUT2D eigenvalue weighted by Gasteiger charge is -2.05. The first-order valence-corrected chi connectivity index (χ1v) is 5.72. The van der Waals surface area contributed by atoms with Crippen LogP contribution in [-0.4, -0.2) is 7.11 Å². The maximum absolute atomic E-state index is 5.39. The molecule has 2 nitrogen and oxygen atoms in total. The van der Waals surface area contributed by atoms with Crippen molar-refractivity contribution in [3.63, 3.8) is 0 Å². The molecule has 16 heavy (non-hydrogen) atoms. The number of rotatable bonds is 1. The van der Waals surface area contributed by atoms with Crippen molar-refractivity contribution in [2.24, 2.45) is 0 Å². The highest BCUT2D eigenvalue weighted by Gasteiger charge is 2.08. The topological polar surface area (TPSA) is 22.4 Å². The fourth-order valence-corrected chi connectivity index (χ4v) is 2.63. The predicted molar refractivity (Wildman–Crippen MR) is 68.0 cm³/mol. The van der Waals surface area contributed by atoms with E-state index in [1.54, 1.807) is 13.4 Å². The van der Waals surface area contributed by atoms with Crippen molar-refractivity contribution >= 4 is 37.7 Å². The van der Waals surface area contributed by atoms with Crippen LogP contribution in [0.5, 0.6) is 5.75 Å². The average Bonchev–Trinajstić information content (AvgIpc) is 2.76. The third-order valence-electron chi connectivity index (χ3n) is 2.71. The Hall–Kier alpha value is -1.48. The van der Waals surface area contributed by atoms with Crippen molar-refractivity contribution in [2.45, 2.75) is 0 Å². The molecule has 0 saturated carbocycles. The van der Waals surface area contributed by atoms with Crippen LogP contribution in [0.1, 0.15) is 0 Å². The van der Waals surface area contributed by atoms with E-state index < -0.39 is 0 Å². The van der Waals surface area contributed by atoms with E-state index in [-0.39, 0.29) is 0 Å². The first kappa shape index (κ1) is 9.73. The molecule has 0 aliphatic rings. The molecular formula is C13H9BrO2. The molecule has 0 fully saturated rings. The van der Waals surface area contributed by atoms with E-state index in [9.17, 15) is 0 Å². The Labute approximate surface area is 101 Å². The van der Waals surface area contributed by atoms with Crippen molar-refractivity contribution < 1.29 is 9.15 Å². The fourth-order valence-electron chi connectivity index (χ4n) is 1.96. The highest BCUT2D eigenvalue weighted by molar-refractivity contribution is 9.10. The van der Waals surface area contributed by atoms with Crippen molar-refractivity contribution in [3.05, 3.63) is 41.1 Å². The lowest BCUT2D eigenvalue weighted by atomic mass is 10.1. The monoisotopic (exact) mass is 276 g/mol. The third kappa shape index (κ3) is 1.32. The Morgan fingerprint density at radius 2 is 2.06 bits per heavy atom. The number of halogens is 1. The van der Waals surface area contributed by atoms with Crippen LogP contribution >= 0.6 is 15.9 Å². The normalized spacial score (nSPS) is 11.1. The third-order valence-corrected chi connectivity index (χ3v) is 3.33. The summed E-state index contributed by atoms with van der Waals surface area (Å²) in [6, 6.07) is 9.98. The Morgan fingerprint density at radius 1 is 1.19 bits per heavy atom. The van der Waals surface area contributed by atoms with Gasteiger partial charge in [0.25, 0.3) is 0 Å². The molecule has 1 aromatic heterocycles. The summed E-state index contributed by atoms with van der Waals surface area (Å²) in [5.41, 5.74) is 0.901. The number of hydrogen-bond acceptors (Lipinski definition) is 2. The molecule has 0 unspecified atom stereocenters. The second-order valence-electron chi connectivity index (χ2n) is 3.61. The van der Waals surface area contributed by atoms with Gasteiger partial charge in [-0.1, -0.05) is 6.07 Å². The number of methoxy groups -OCH3 is 1. The van der Waals surface area contributed by atoms with Gasteiger partial charge in [0.15, 0.2) is 0 Å². The lowest BCUT2D eigenvalue weighted by molar-refractivity contribution is 0.415. The van der Waals surface area contributed by atoms with Gasteiger partial charge in [-0.05, 0) is 45.6 Å². The molecule has 0 aliphatic heterocycles. The van der Waals surface area contributed by atoms with E-state index in [1.807, 2.05) is 30.3 Å². The molecular weight excluding hydrogens is 268 g/mol. The Bertz CT molecular complexity index is 670. The maximum atomic E-state index is 5.39. The summed E-state index contributed by atoms with van der Waals surface area (Å²) in [4.78, 5) is 0. The summed E-state index contributed by atoms with van der Waals surface area (Å²) in [6.45, 7) is 0. The van der Waals surface area contributed by atoms with Crippen LogP contribution in [0, 0.1) is 0 Å². The SMILES string of the molecule is COc1cc(Br)c2c(ccc3occc32)c1. The van der Waals surface area contributed by atoms with Crippen LogP contribution in [0.15, 0.2) is 45.5 Å². The summed E-state index contributed by atoms with van der Waals surface area (Å²) in [7, 11) is 1.67. The molecule has 0 atom stereocenters. The Kier molecular flexibility index (Phi) is 2.14. The number of fused-ring (bicyclic) bond motifs is 3. The van der Waals surface area contributed by atoms with Crippen LogP contribution in [0.2, 0.25) is 0 Å². The smallest absolute Gasteiger partial charge is 0.134 e. The second kappa shape index (κ2) is 3.52. The number of furan rings is 1. The van der Waals surface area contributed by atoms with Gasteiger partial charge < -0.3 is 9.15 Å². The molecule has 0 bridgehead atoms. The molecule has 3 aromatic rings. The molecule has 0 saturated heterocycles. The summed E-state index contributed by atoms with van der Waals surface area (Å²) >= 11 is 3.57. The maximum Gasteiger partial charge on any atom is 0.134 e. The second-order valence-corrected chi connectivity index (χ2v) is 4.46. The highest BCUT2D eigenvalue weighted by atomic mass is 79.9. The average molecular weight is 277 g/mol. The first-order valence-electron chi connectivity index (χ1n) is 4.93. The molecule has 0 amide bonds. The van der Waals surface area contributed by atoms with Crippen LogP contribution in [0.3, 0.4) is 0 Å². The fraction of sp³-hybridized carbons (Fsp3) is 0.0769. The van der Waals surface area contributed by atoms with Gasteiger partial charge >= 0.3 is 0 Å². The minimum atomic E-state index is 0.849. The van der Waals surface area contributed by atoms with E-state index in [0.717, 1.165) is 32.0 Å². The van der Waals surface area contributed by atoms with E-state index in [1.165, 1.54) is 0 Å². The van der Waals surface area contributed by atoms with Gasteiger partial charge in [0, 0.05) is 15.2 Å². The summed E-state index contributed by atoms with van der Waals surface area (Å²) in [5.74, 6) is 0.849. The van der Waals surface area contributed by atoms with E-state index in [0.29, 0.717) is 0 Å². The standard InChI is InChI=1S/C13H9BrO2/c1-15-9-6-8-2-3-12-10(4-5-16-12)13(8)11(14)7-9/h2-7H,1H3. The van der Waals surface area contributed by atoms with Crippen LogP contribution in [0.25, 0.3) is 21.7 Å². The van der Waals surface area contributed by atoms with Crippen LogP contribution < -0.4 is 4.74 Å². The van der Waals surface area contributed by atoms with Crippen molar-refractivity contribution in [3.8, 4) is 5.75 Å². The van der Waals surface area contributed by atoms with Gasteiger partial charge in [-0.15, -0.1) is 0 Å². The predicted octanol–water partition coefficient (Wildman–Crippen LogP) is 4.36. The Morgan fingerprint density at radius 3 is 2.88 bits per heavy atom. The number of hydrogen-bond donors (Lipinski definition) is 0. The van der Waals surface area contributed by atoms with E-state index in [2.05, 4.69) is 15.9 Å². The van der Waals surface area contributed by atoms with Crippen molar-refractivity contribution in [1.29, 1.82) is 0 Å². The van der Waals surface area contributed by atoms with Gasteiger partial charge in [0.1, 0.15) is 11.3 Å². The minimum Gasteiger partial charge on any atom is -0.497 e. The zero-order valence-electron chi connectivity index (χ0n) is 8.66. The van der Waals surface area contributed by atoms with Gasteiger partial charge in [0.2, 0.25) is 0 Å². The van der Waals surface area contributed by atoms with E-state index in [4.69, 9.17) is 9.15 Å². The zero-order valence-corrected chi connectivity index (χ0v) is 10.2. The quantitative estimate of drug-likeness (QED) is 0.659. The molecule has 3 heteroatoms. The molecule has 0 spiro atoms.